The van der Waals surface area contributed by atoms with E-state index < -0.39 is 0 Å². The molecule has 1 aliphatic rings. The van der Waals surface area contributed by atoms with Crippen LogP contribution < -0.4 is 10.6 Å². The van der Waals surface area contributed by atoms with E-state index in [0.717, 1.165) is 31.6 Å². The van der Waals surface area contributed by atoms with Crippen molar-refractivity contribution in [2.24, 2.45) is 11.3 Å². The Morgan fingerprint density at radius 2 is 1.75 bits per heavy atom. The lowest BCUT2D eigenvalue weighted by Crippen LogP contribution is -2.38. The molecular formula is C14H30N2. The summed E-state index contributed by atoms with van der Waals surface area (Å²) in [6, 6.07) is 0.805. The summed E-state index contributed by atoms with van der Waals surface area (Å²) in [5, 5.41) is 7.20. The van der Waals surface area contributed by atoms with E-state index >= 15 is 0 Å². The lowest BCUT2D eigenvalue weighted by atomic mass is 9.81. The van der Waals surface area contributed by atoms with Crippen molar-refractivity contribution >= 4 is 0 Å². The molecule has 1 saturated carbocycles. The lowest BCUT2D eigenvalue weighted by Gasteiger charge is -2.29. The third-order valence-electron chi connectivity index (χ3n) is 4.23. The van der Waals surface area contributed by atoms with Crippen LogP contribution in [-0.2, 0) is 0 Å². The van der Waals surface area contributed by atoms with Gasteiger partial charge in [-0.1, -0.05) is 40.5 Å². The van der Waals surface area contributed by atoms with Crippen molar-refractivity contribution in [2.75, 3.05) is 19.6 Å². The van der Waals surface area contributed by atoms with Gasteiger partial charge in [0.05, 0.1) is 0 Å². The maximum atomic E-state index is 3.63. The molecule has 0 radical (unpaired) electrons. The van der Waals surface area contributed by atoms with Gasteiger partial charge in [-0.25, -0.2) is 0 Å². The maximum Gasteiger partial charge on any atom is 0.00793 e. The van der Waals surface area contributed by atoms with E-state index in [9.17, 15) is 0 Å². The molecule has 0 heterocycles. The predicted octanol–water partition coefficient (Wildman–Crippen LogP) is 2.79. The topological polar surface area (TPSA) is 24.1 Å². The van der Waals surface area contributed by atoms with Crippen LogP contribution in [0.1, 0.15) is 53.4 Å². The molecule has 1 fully saturated rings. The number of hydrogen-bond acceptors (Lipinski definition) is 2. The molecule has 2 heteroatoms. The standard InChI is InChI=1S/C14H30N2/c1-12(2)14(3,4)11-15-9-10-16-13-7-5-6-8-13/h12-13,15-16H,5-11H2,1-4H3. The third-order valence-corrected chi connectivity index (χ3v) is 4.23. The highest BCUT2D eigenvalue weighted by molar-refractivity contribution is 4.76. The van der Waals surface area contributed by atoms with Gasteiger partial charge < -0.3 is 10.6 Å². The first kappa shape index (κ1) is 14.0. The normalized spacial score (nSPS) is 18.6. The minimum atomic E-state index is 0.410. The Kier molecular flexibility index (Phi) is 5.77. The second-order valence-electron chi connectivity index (χ2n) is 6.26. The molecule has 0 aromatic carbocycles. The van der Waals surface area contributed by atoms with E-state index in [2.05, 4.69) is 38.3 Å². The van der Waals surface area contributed by atoms with Crippen LogP contribution in [0.4, 0.5) is 0 Å². The summed E-state index contributed by atoms with van der Waals surface area (Å²) in [6.07, 6.45) is 5.62. The van der Waals surface area contributed by atoms with Crippen LogP contribution >= 0.6 is 0 Å². The van der Waals surface area contributed by atoms with Crippen molar-refractivity contribution in [1.29, 1.82) is 0 Å². The van der Waals surface area contributed by atoms with Crippen molar-refractivity contribution in [1.82, 2.24) is 10.6 Å². The molecule has 0 amide bonds. The van der Waals surface area contributed by atoms with Crippen molar-refractivity contribution in [3.05, 3.63) is 0 Å². The van der Waals surface area contributed by atoms with Crippen LogP contribution in [-0.4, -0.2) is 25.7 Å². The number of rotatable bonds is 7. The van der Waals surface area contributed by atoms with Gasteiger partial charge >= 0.3 is 0 Å². The summed E-state index contributed by atoms with van der Waals surface area (Å²) >= 11 is 0. The molecule has 1 rings (SSSR count). The van der Waals surface area contributed by atoms with E-state index in [4.69, 9.17) is 0 Å². The Balaban J connectivity index is 1.99. The second-order valence-corrected chi connectivity index (χ2v) is 6.26. The van der Waals surface area contributed by atoms with Gasteiger partial charge in [-0.05, 0) is 24.2 Å². The first-order valence-electron chi connectivity index (χ1n) is 6.96. The van der Waals surface area contributed by atoms with Crippen LogP contribution in [0.5, 0.6) is 0 Å². The summed E-state index contributed by atoms with van der Waals surface area (Å²) in [5.41, 5.74) is 0.410. The first-order chi connectivity index (χ1) is 7.52. The fourth-order valence-electron chi connectivity index (χ4n) is 2.11. The monoisotopic (exact) mass is 226 g/mol. The van der Waals surface area contributed by atoms with Gasteiger partial charge in [0.25, 0.3) is 0 Å². The molecule has 1 aliphatic carbocycles. The van der Waals surface area contributed by atoms with Crippen molar-refractivity contribution < 1.29 is 0 Å². The zero-order valence-corrected chi connectivity index (χ0v) is 11.6. The Morgan fingerprint density at radius 1 is 1.12 bits per heavy atom. The Bertz CT molecular complexity index is 181. The summed E-state index contributed by atoms with van der Waals surface area (Å²) in [6.45, 7) is 12.6. The Morgan fingerprint density at radius 3 is 2.31 bits per heavy atom. The molecule has 0 bridgehead atoms. The molecule has 0 aromatic heterocycles. The fourth-order valence-corrected chi connectivity index (χ4v) is 2.11. The molecule has 0 unspecified atom stereocenters. The molecule has 0 atom stereocenters. The molecule has 2 nitrogen and oxygen atoms in total. The van der Waals surface area contributed by atoms with Crippen LogP contribution in [0.3, 0.4) is 0 Å². The summed E-state index contributed by atoms with van der Waals surface area (Å²) in [7, 11) is 0. The van der Waals surface area contributed by atoms with E-state index in [1.54, 1.807) is 0 Å². The minimum absolute atomic E-state index is 0.410. The van der Waals surface area contributed by atoms with Crippen LogP contribution in [0.2, 0.25) is 0 Å². The SMILES string of the molecule is CC(C)C(C)(C)CNCCNC1CCCC1. The van der Waals surface area contributed by atoms with Crippen LogP contribution in [0.25, 0.3) is 0 Å². The Labute approximate surface area is 102 Å². The number of hydrogen-bond donors (Lipinski definition) is 2. The van der Waals surface area contributed by atoms with Gasteiger partial charge in [-0.15, -0.1) is 0 Å². The Hall–Kier alpha value is -0.0800. The smallest absolute Gasteiger partial charge is 0.00793 e. The quantitative estimate of drug-likeness (QED) is 0.652. The second kappa shape index (κ2) is 6.61. The average Bonchev–Trinajstić information content (AvgIpc) is 2.69. The van der Waals surface area contributed by atoms with Crippen molar-refractivity contribution in [2.45, 2.75) is 59.4 Å². The fraction of sp³-hybridized carbons (Fsp3) is 1.00. The van der Waals surface area contributed by atoms with Gasteiger partial charge in [0.1, 0.15) is 0 Å². The maximum absolute atomic E-state index is 3.63. The van der Waals surface area contributed by atoms with E-state index in [-0.39, 0.29) is 0 Å². The van der Waals surface area contributed by atoms with Gasteiger partial charge in [0.15, 0.2) is 0 Å². The van der Waals surface area contributed by atoms with Crippen LogP contribution in [0.15, 0.2) is 0 Å². The van der Waals surface area contributed by atoms with E-state index in [1.807, 2.05) is 0 Å². The van der Waals surface area contributed by atoms with Gasteiger partial charge in [-0.2, -0.15) is 0 Å². The molecule has 16 heavy (non-hydrogen) atoms. The predicted molar refractivity (Wildman–Crippen MR) is 71.7 cm³/mol. The lowest BCUT2D eigenvalue weighted by molar-refractivity contribution is 0.238. The zero-order chi connectivity index (χ0) is 12.0. The van der Waals surface area contributed by atoms with E-state index in [0.29, 0.717) is 5.41 Å². The molecule has 0 aliphatic heterocycles. The minimum Gasteiger partial charge on any atom is -0.315 e. The average molecular weight is 226 g/mol. The zero-order valence-electron chi connectivity index (χ0n) is 11.6. The van der Waals surface area contributed by atoms with Crippen LogP contribution in [0, 0.1) is 11.3 Å². The molecule has 2 N–H and O–H groups in total. The third kappa shape index (κ3) is 4.84. The highest BCUT2D eigenvalue weighted by Crippen LogP contribution is 2.24. The molecular weight excluding hydrogens is 196 g/mol. The molecule has 0 saturated heterocycles. The van der Waals surface area contributed by atoms with Crippen molar-refractivity contribution in [3.63, 3.8) is 0 Å². The molecule has 0 aromatic rings. The van der Waals surface area contributed by atoms with E-state index in [1.165, 1.54) is 25.7 Å². The highest BCUT2D eigenvalue weighted by Gasteiger charge is 2.21. The molecule has 0 spiro atoms. The molecule has 96 valence electrons. The summed E-state index contributed by atoms with van der Waals surface area (Å²) < 4.78 is 0. The highest BCUT2D eigenvalue weighted by atomic mass is 15.0. The largest absolute Gasteiger partial charge is 0.315 e. The first-order valence-corrected chi connectivity index (χ1v) is 6.96. The van der Waals surface area contributed by atoms with Gasteiger partial charge in [-0.3, -0.25) is 0 Å². The summed E-state index contributed by atoms with van der Waals surface area (Å²) in [4.78, 5) is 0. The number of nitrogens with one attached hydrogen (secondary N) is 2. The van der Waals surface area contributed by atoms with Gasteiger partial charge in [0, 0.05) is 25.7 Å². The van der Waals surface area contributed by atoms with Crippen molar-refractivity contribution in [3.8, 4) is 0 Å². The van der Waals surface area contributed by atoms with Gasteiger partial charge in [0.2, 0.25) is 0 Å². The summed E-state index contributed by atoms with van der Waals surface area (Å²) in [5.74, 6) is 0.739.